The van der Waals surface area contributed by atoms with E-state index in [9.17, 15) is 18.0 Å². The Hall–Kier alpha value is -2.05. The first-order valence-corrected chi connectivity index (χ1v) is 6.12. The Labute approximate surface area is 112 Å². The first-order valence-electron chi connectivity index (χ1n) is 6.12. The Balaban J connectivity index is 2.03. The van der Waals surface area contributed by atoms with Crippen molar-refractivity contribution in [1.82, 2.24) is 9.55 Å². The quantitative estimate of drug-likeness (QED) is 0.856. The lowest BCUT2D eigenvalue weighted by atomic mass is 10.2. The van der Waals surface area contributed by atoms with E-state index in [0.29, 0.717) is 18.5 Å². The Morgan fingerprint density at radius 2 is 2.05 bits per heavy atom. The van der Waals surface area contributed by atoms with Gasteiger partial charge in [-0.1, -0.05) is 0 Å². The number of carboxylic acids is 1. The summed E-state index contributed by atoms with van der Waals surface area (Å²) in [4.78, 5) is 14.9. The van der Waals surface area contributed by atoms with Gasteiger partial charge in [-0.3, -0.25) is 0 Å². The van der Waals surface area contributed by atoms with E-state index in [4.69, 9.17) is 5.11 Å². The SMILES string of the molecule is O=C(O)c1ccc2c(c1)ncn2CCCCC(F)(F)F. The molecule has 2 rings (SSSR count). The molecule has 1 aromatic carbocycles. The number of carbonyl (C=O) groups is 1. The largest absolute Gasteiger partial charge is 0.478 e. The minimum Gasteiger partial charge on any atom is -0.478 e. The molecule has 0 aliphatic rings. The molecule has 20 heavy (non-hydrogen) atoms. The van der Waals surface area contributed by atoms with Crippen molar-refractivity contribution in [3.8, 4) is 0 Å². The fourth-order valence-corrected chi connectivity index (χ4v) is 1.98. The van der Waals surface area contributed by atoms with Gasteiger partial charge in [0.2, 0.25) is 0 Å². The molecule has 1 aromatic heterocycles. The lowest BCUT2D eigenvalue weighted by Gasteiger charge is -2.07. The normalized spacial score (nSPS) is 11.9. The maximum absolute atomic E-state index is 12.0. The molecule has 0 saturated heterocycles. The number of unbranched alkanes of at least 4 members (excludes halogenated alkanes) is 1. The molecule has 0 unspecified atom stereocenters. The zero-order valence-corrected chi connectivity index (χ0v) is 10.5. The van der Waals surface area contributed by atoms with E-state index in [2.05, 4.69) is 4.98 Å². The van der Waals surface area contributed by atoms with Crippen molar-refractivity contribution in [2.24, 2.45) is 0 Å². The van der Waals surface area contributed by atoms with Crippen molar-refractivity contribution < 1.29 is 23.1 Å². The second-order valence-electron chi connectivity index (χ2n) is 4.52. The van der Waals surface area contributed by atoms with Gasteiger partial charge in [0.25, 0.3) is 0 Å². The number of fused-ring (bicyclic) bond motifs is 1. The summed E-state index contributed by atoms with van der Waals surface area (Å²) in [5, 5.41) is 8.86. The molecule has 1 heterocycles. The average molecular weight is 286 g/mol. The van der Waals surface area contributed by atoms with E-state index in [1.807, 2.05) is 0 Å². The van der Waals surface area contributed by atoms with Gasteiger partial charge in [-0.2, -0.15) is 13.2 Å². The number of carboxylic acid groups (broad SMARTS) is 1. The van der Waals surface area contributed by atoms with Crippen LogP contribution in [0.25, 0.3) is 11.0 Å². The number of aryl methyl sites for hydroxylation is 1. The fraction of sp³-hybridized carbons (Fsp3) is 0.385. The van der Waals surface area contributed by atoms with Gasteiger partial charge in [-0.15, -0.1) is 0 Å². The van der Waals surface area contributed by atoms with E-state index in [1.165, 1.54) is 18.5 Å². The van der Waals surface area contributed by atoms with Gasteiger partial charge >= 0.3 is 12.1 Å². The zero-order chi connectivity index (χ0) is 14.8. The van der Waals surface area contributed by atoms with E-state index in [1.54, 1.807) is 10.6 Å². The highest BCUT2D eigenvalue weighted by atomic mass is 19.4. The van der Waals surface area contributed by atoms with Crippen LogP contribution in [-0.2, 0) is 6.54 Å². The van der Waals surface area contributed by atoms with Gasteiger partial charge in [0.15, 0.2) is 0 Å². The summed E-state index contributed by atoms with van der Waals surface area (Å²) in [7, 11) is 0. The van der Waals surface area contributed by atoms with E-state index in [0.717, 1.165) is 5.52 Å². The molecule has 0 fully saturated rings. The van der Waals surface area contributed by atoms with Crippen LogP contribution in [0.4, 0.5) is 13.2 Å². The van der Waals surface area contributed by atoms with Crippen LogP contribution in [0.5, 0.6) is 0 Å². The number of aromatic nitrogens is 2. The number of hydrogen-bond donors (Lipinski definition) is 1. The highest BCUT2D eigenvalue weighted by Gasteiger charge is 2.25. The Kier molecular flexibility index (Phi) is 3.96. The van der Waals surface area contributed by atoms with Crippen molar-refractivity contribution >= 4 is 17.0 Å². The molecule has 0 atom stereocenters. The summed E-state index contributed by atoms with van der Waals surface area (Å²) in [6.07, 6.45) is -2.93. The first kappa shape index (κ1) is 14.4. The van der Waals surface area contributed by atoms with Gasteiger partial charge < -0.3 is 9.67 Å². The molecule has 0 aliphatic heterocycles. The molecule has 4 nitrogen and oxygen atoms in total. The molecule has 0 spiro atoms. The predicted octanol–water partition coefficient (Wildman–Crippen LogP) is 3.47. The number of imidazole rings is 1. The summed E-state index contributed by atoms with van der Waals surface area (Å²) >= 11 is 0. The summed E-state index contributed by atoms with van der Waals surface area (Å²) < 4.78 is 37.8. The van der Waals surface area contributed by atoms with Crippen LogP contribution in [-0.4, -0.2) is 26.8 Å². The monoisotopic (exact) mass is 286 g/mol. The zero-order valence-electron chi connectivity index (χ0n) is 10.5. The molecule has 0 saturated carbocycles. The fourth-order valence-electron chi connectivity index (χ4n) is 1.98. The highest BCUT2D eigenvalue weighted by molar-refractivity contribution is 5.92. The van der Waals surface area contributed by atoms with Crippen LogP contribution in [0.3, 0.4) is 0 Å². The summed E-state index contributed by atoms with van der Waals surface area (Å²) in [6.45, 7) is 0.430. The van der Waals surface area contributed by atoms with Gasteiger partial charge in [-0.05, 0) is 31.0 Å². The summed E-state index contributed by atoms with van der Waals surface area (Å²) in [5.74, 6) is -1.04. The third-order valence-corrected chi connectivity index (χ3v) is 2.98. The summed E-state index contributed by atoms with van der Waals surface area (Å²) in [5.41, 5.74) is 1.39. The number of benzene rings is 1. The number of hydrogen-bond acceptors (Lipinski definition) is 2. The molecule has 0 radical (unpaired) electrons. The van der Waals surface area contributed by atoms with Crippen LogP contribution in [0.15, 0.2) is 24.5 Å². The smallest absolute Gasteiger partial charge is 0.389 e. The predicted molar refractivity (Wildman–Crippen MR) is 66.6 cm³/mol. The molecule has 1 N–H and O–H groups in total. The van der Waals surface area contributed by atoms with Crippen LogP contribution in [0.2, 0.25) is 0 Å². The molecule has 7 heteroatoms. The van der Waals surface area contributed by atoms with Crippen molar-refractivity contribution in [2.45, 2.75) is 32.0 Å². The van der Waals surface area contributed by atoms with Crippen LogP contribution >= 0.6 is 0 Å². The van der Waals surface area contributed by atoms with Crippen molar-refractivity contribution in [3.05, 3.63) is 30.1 Å². The number of halogens is 3. The molecular formula is C13H13F3N2O2. The average Bonchev–Trinajstić information content (AvgIpc) is 2.76. The van der Waals surface area contributed by atoms with Crippen LogP contribution in [0.1, 0.15) is 29.6 Å². The maximum Gasteiger partial charge on any atom is 0.389 e. The standard InChI is InChI=1S/C13H13F3N2O2/c14-13(15,16)5-1-2-6-18-8-17-10-7-9(12(19)20)3-4-11(10)18/h3-4,7-8H,1-2,5-6H2,(H,19,20). The first-order chi connectivity index (χ1) is 9.37. The second-order valence-corrected chi connectivity index (χ2v) is 4.52. The highest BCUT2D eigenvalue weighted by Crippen LogP contribution is 2.23. The van der Waals surface area contributed by atoms with Crippen molar-refractivity contribution in [1.29, 1.82) is 0 Å². The number of rotatable bonds is 5. The van der Waals surface area contributed by atoms with Crippen molar-refractivity contribution in [2.75, 3.05) is 0 Å². The third kappa shape index (κ3) is 3.49. The van der Waals surface area contributed by atoms with E-state index >= 15 is 0 Å². The molecule has 0 bridgehead atoms. The molecule has 2 aromatic rings. The summed E-state index contributed by atoms with van der Waals surface area (Å²) in [6, 6.07) is 4.53. The minimum absolute atomic E-state index is 0.0659. The third-order valence-electron chi connectivity index (χ3n) is 2.98. The second kappa shape index (κ2) is 5.52. The van der Waals surface area contributed by atoms with Gasteiger partial charge in [-0.25, -0.2) is 9.78 Å². The number of aromatic carboxylic acids is 1. The van der Waals surface area contributed by atoms with Crippen LogP contribution < -0.4 is 0 Å². The Morgan fingerprint density at radius 3 is 2.70 bits per heavy atom. The lowest BCUT2D eigenvalue weighted by Crippen LogP contribution is -2.07. The molecule has 0 aliphatic carbocycles. The minimum atomic E-state index is -4.12. The molecule has 108 valence electrons. The molecule has 0 amide bonds. The van der Waals surface area contributed by atoms with E-state index in [-0.39, 0.29) is 12.0 Å². The molecular weight excluding hydrogens is 273 g/mol. The Morgan fingerprint density at radius 1 is 1.30 bits per heavy atom. The van der Waals surface area contributed by atoms with Gasteiger partial charge in [0.05, 0.1) is 22.9 Å². The number of alkyl halides is 3. The Bertz CT molecular complexity index is 620. The van der Waals surface area contributed by atoms with Gasteiger partial charge in [0.1, 0.15) is 0 Å². The van der Waals surface area contributed by atoms with Crippen molar-refractivity contribution in [3.63, 3.8) is 0 Å². The number of nitrogens with zero attached hydrogens (tertiary/aromatic N) is 2. The maximum atomic E-state index is 12.0. The van der Waals surface area contributed by atoms with E-state index < -0.39 is 18.6 Å². The lowest BCUT2D eigenvalue weighted by molar-refractivity contribution is -0.135. The van der Waals surface area contributed by atoms with Crippen LogP contribution in [0, 0.1) is 0 Å². The van der Waals surface area contributed by atoms with Gasteiger partial charge in [0, 0.05) is 13.0 Å². The topological polar surface area (TPSA) is 55.1 Å².